The number of carbonyl (C=O) groups is 1. The van der Waals surface area contributed by atoms with E-state index in [1.165, 1.54) is 25.9 Å². The molecule has 92 valence electrons. The van der Waals surface area contributed by atoms with Gasteiger partial charge >= 0.3 is 0 Å². The quantitative estimate of drug-likeness (QED) is 0.721. The van der Waals surface area contributed by atoms with Gasteiger partial charge in [-0.15, -0.1) is 0 Å². The number of amides is 1. The molecule has 0 saturated carbocycles. The fourth-order valence-corrected chi connectivity index (χ4v) is 2.76. The lowest BCUT2D eigenvalue weighted by molar-refractivity contribution is -0.119. The summed E-state index contributed by atoms with van der Waals surface area (Å²) in [6, 6.07) is 0.883. The Balaban J connectivity index is 1.75. The molecule has 2 aliphatic rings. The molecule has 0 aromatic carbocycles. The van der Waals surface area contributed by atoms with E-state index in [4.69, 9.17) is 0 Å². The lowest BCUT2D eigenvalue weighted by Crippen LogP contribution is -2.45. The molecule has 0 aliphatic carbocycles. The van der Waals surface area contributed by atoms with E-state index >= 15 is 0 Å². The molecule has 0 spiro atoms. The van der Waals surface area contributed by atoms with Gasteiger partial charge in [0.05, 0.1) is 0 Å². The summed E-state index contributed by atoms with van der Waals surface area (Å²) >= 11 is 0. The molecule has 0 bridgehead atoms. The SMILES string of the molecule is CC(NC1CNC(=O)C1)C1CCN(C)CC1. The lowest BCUT2D eigenvalue weighted by Gasteiger charge is -2.34. The van der Waals surface area contributed by atoms with Crippen LogP contribution in [0, 0.1) is 5.92 Å². The second kappa shape index (κ2) is 5.15. The minimum atomic E-state index is 0.188. The van der Waals surface area contributed by atoms with Crippen molar-refractivity contribution in [3.8, 4) is 0 Å². The first-order valence-corrected chi connectivity index (χ1v) is 6.36. The van der Waals surface area contributed by atoms with Crippen LogP contribution >= 0.6 is 0 Å². The van der Waals surface area contributed by atoms with Crippen LogP contribution in [0.25, 0.3) is 0 Å². The van der Waals surface area contributed by atoms with E-state index in [0.717, 1.165) is 12.5 Å². The highest BCUT2D eigenvalue weighted by Crippen LogP contribution is 2.20. The van der Waals surface area contributed by atoms with E-state index in [2.05, 4.69) is 29.5 Å². The van der Waals surface area contributed by atoms with Crippen molar-refractivity contribution >= 4 is 5.91 Å². The van der Waals surface area contributed by atoms with Crippen LogP contribution in [0.5, 0.6) is 0 Å². The monoisotopic (exact) mass is 225 g/mol. The first-order chi connectivity index (χ1) is 7.65. The minimum absolute atomic E-state index is 0.188. The van der Waals surface area contributed by atoms with Gasteiger partial charge in [-0.05, 0) is 45.8 Å². The lowest BCUT2D eigenvalue weighted by atomic mass is 9.90. The van der Waals surface area contributed by atoms with Gasteiger partial charge in [0.15, 0.2) is 0 Å². The van der Waals surface area contributed by atoms with Gasteiger partial charge in [-0.3, -0.25) is 4.79 Å². The van der Waals surface area contributed by atoms with Crippen molar-refractivity contribution in [2.24, 2.45) is 5.92 Å². The summed E-state index contributed by atoms with van der Waals surface area (Å²) in [6.45, 7) is 5.48. The summed E-state index contributed by atoms with van der Waals surface area (Å²) in [6.07, 6.45) is 3.20. The Kier molecular flexibility index (Phi) is 3.82. The summed E-state index contributed by atoms with van der Waals surface area (Å²) < 4.78 is 0. The minimum Gasteiger partial charge on any atom is -0.354 e. The Morgan fingerprint density at radius 3 is 2.69 bits per heavy atom. The van der Waals surface area contributed by atoms with Gasteiger partial charge < -0.3 is 15.5 Å². The van der Waals surface area contributed by atoms with Gasteiger partial charge in [0.2, 0.25) is 5.91 Å². The molecular formula is C12H23N3O. The topological polar surface area (TPSA) is 44.4 Å². The zero-order valence-electron chi connectivity index (χ0n) is 10.3. The third kappa shape index (κ3) is 2.95. The maximum atomic E-state index is 11.1. The predicted octanol–water partition coefficient (Wildman–Crippen LogP) is 0.195. The van der Waals surface area contributed by atoms with Crippen molar-refractivity contribution < 1.29 is 4.79 Å². The molecule has 0 radical (unpaired) electrons. The highest BCUT2D eigenvalue weighted by molar-refractivity contribution is 5.78. The van der Waals surface area contributed by atoms with Gasteiger partial charge in [-0.1, -0.05) is 0 Å². The number of likely N-dealkylation sites (tertiary alicyclic amines) is 1. The molecule has 16 heavy (non-hydrogen) atoms. The van der Waals surface area contributed by atoms with Crippen molar-refractivity contribution in [3.63, 3.8) is 0 Å². The normalized spacial score (nSPS) is 30.4. The maximum absolute atomic E-state index is 11.1. The van der Waals surface area contributed by atoms with Crippen LogP contribution in [0.15, 0.2) is 0 Å². The molecule has 2 fully saturated rings. The predicted molar refractivity (Wildman–Crippen MR) is 64.2 cm³/mol. The fraction of sp³-hybridized carbons (Fsp3) is 0.917. The number of nitrogens with one attached hydrogen (secondary N) is 2. The van der Waals surface area contributed by atoms with Crippen LogP contribution in [-0.4, -0.2) is 49.6 Å². The van der Waals surface area contributed by atoms with Crippen molar-refractivity contribution in [2.45, 2.75) is 38.3 Å². The van der Waals surface area contributed by atoms with Gasteiger partial charge in [-0.25, -0.2) is 0 Å². The molecule has 0 aromatic heterocycles. The molecule has 2 unspecified atom stereocenters. The van der Waals surface area contributed by atoms with Gasteiger partial charge in [0.25, 0.3) is 0 Å². The van der Waals surface area contributed by atoms with E-state index in [9.17, 15) is 4.79 Å². The Hall–Kier alpha value is -0.610. The van der Waals surface area contributed by atoms with Crippen molar-refractivity contribution in [3.05, 3.63) is 0 Å². The number of nitrogens with zero attached hydrogens (tertiary/aromatic N) is 1. The van der Waals surface area contributed by atoms with E-state index < -0.39 is 0 Å². The summed E-state index contributed by atoms with van der Waals surface area (Å²) in [4.78, 5) is 13.5. The Morgan fingerprint density at radius 2 is 2.12 bits per heavy atom. The molecule has 4 heteroatoms. The summed E-state index contributed by atoms with van der Waals surface area (Å²) in [7, 11) is 2.19. The largest absolute Gasteiger partial charge is 0.354 e. The standard InChI is InChI=1S/C12H23N3O/c1-9(10-3-5-15(2)6-4-10)14-11-7-12(16)13-8-11/h9-11,14H,3-8H2,1-2H3,(H,13,16). The van der Waals surface area contributed by atoms with E-state index in [1.807, 2.05) is 0 Å². The Bertz CT molecular complexity index is 249. The zero-order valence-corrected chi connectivity index (χ0v) is 10.3. The Morgan fingerprint density at radius 1 is 1.44 bits per heavy atom. The van der Waals surface area contributed by atoms with Crippen LogP contribution in [0.3, 0.4) is 0 Å². The van der Waals surface area contributed by atoms with Gasteiger partial charge in [-0.2, -0.15) is 0 Å². The number of hydrogen-bond donors (Lipinski definition) is 2. The third-order valence-corrected chi connectivity index (χ3v) is 3.95. The van der Waals surface area contributed by atoms with Crippen LogP contribution in [-0.2, 0) is 4.79 Å². The molecule has 2 saturated heterocycles. The molecule has 2 heterocycles. The van der Waals surface area contributed by atoms with Crippen LogP contribution in [0.1, 0.15) is 26.2 Å². The molecule has 2 atom stereocenters. The van der Waals surface area contributed by atoms with Crippen molar-refractivity contribution in [1.82, 2.24) is 15.5 Å². The molecule has 2 aliphatic heterocycles. The maximum Gasteiger partial charge on any atom is 0.221 e. The smallest absolute Gasteiger partial charge is 0.221 e. The molecule has 4 nitrogen and oxygen atoms in total. The summed E-state index contributed by atoms with van der Waals surface area (Å²) in [5.74, 6) is 0.958. The number of hydrogen-bond acceptors (Lipinski definition) is 3. The number of carbonyl (C=O) groups excluding carboxylic acids is 1. The molecule has 2 rings (SSSR count). The summed E-state index contributed by atoms with van der Waals surface area (Å²) in [5.41, 5.74) is 0. The van der Waals surface area contributed by atoms with E-state index in [0.29, 0.717) is 18.5 Å². The van der Waals surface area contributed by atoms with Crippen LogP contribution in [0.4, 0.5) is 0 Å². The van der Waals surface area contributed by atoms with E-state index in [-0.39, 0.29) is 5.91 Å². The zero-order chi connectivity index (χ0) is 11.5. The van der Waals surface area contributed by atoms with Crippen molar-refractivity contribution in [1.29, 1.82) is 0 Å². The van der Waals surface area contributed by atoms with Gasteiger partial charge in [0, 0.05) is 25.0 Å². The average molecular weight is 225 g/mol. The fourth-order valence-electron chi connectivity index (χ4n) is 2.76. The molecular weight excluding hydrogens is 202 g/mol. The molecule has 0 aromatic rings. The first kappa shape index (κ1) is 11.9. The Labute approximate surface area is 97.8 Å². The van der Waals surface area contributed by atoms with Crippen LogP contribution < -0.4 is 10.6 Å². The highest BCUT2D eigenvalue weighted by atomic mass is 16.1. The second-order valence-electron chi connectivity index (χ2n) is 5.30. The van der Waals surface area contributed by atoms with Crippen LogP contribution in [0.2, 0.25) is 0 Å². The summed E-state index contributed by atoms with van der Waals surface area (Å²) in [5, 5.41) is 6.47. The van der Waals surface area contributed by atoms with E-state index in [1.54, 1.807) is 0 Å². The number of piperidine rings is 1. The highest BCUT2D eigenvalue weighted by Gasteiger charge is 2.27. The third-order valence-electron chi connectivity index (χ3n) is 3.95. The van der Waals surface area contributed by atoms with Crippen molar-refractivity contribution in [2.75, 3.05) is 26.7 Å². The molecule has 2 N–H and O–H groups in total. The average Bonchev–Trinajstić information content (AvgIpc) is 2.65. The van der Waals surface area contributed by atoms with Gasteiger partial charge in [0.1, 0.15) is 0 Å². The number of rotatable bonds is 3. The second-order valence-corrected chi connectivity index (χ2v) is 5.30. The first-order valence-electron chi connectivity index (χ1n) is 6.36. The molecule has 1 amide bonds.